The minimum absolute atomic E-state index is 0. The van der Waals surface area contributed by atoms with Crippen molar-refractivity contribution in [1.82, 2.24) is 9.97 Å². The van der Waals surface area contributed by atoms with Crippen molar-refractivity contribution in [3.05, 3.63) is 158 Å². The third kappa shape index (κ3) is 8.12. The van der Waals surface area contributed by atoms with Gasteiger partial charge in [0.05, 0.1) is 16.1 Å². The molecule has 250 valence electrons. The van der Waals surface area contributed by atoms with E-state index in [0.29, 0.717) is 0 Å². The van der Waals surface area contributed by atoms with Crippen molar-refractivity contribution >= 4 is 48.1 Å². The molecule has 8 rings (SSSR count). The van der Waals surface area contributed by atoms with E-state index in [0.717, 1.165) is 11.4 Å². The Morgan fingerprint density at radius 1 is 0.431 bits per heavy atom. The van der Waals surface area contributed by atoms with Gasteiger partial charge in [0.15, 0.2) is 0 Å². The van der Waals surface area contributed by atoms with E-state index in [1.807, 2.05) is 36.7 Å². The first kappa shape index (κ1) is 36.5. The molecule has 0 bridgehead atoms. The molecule has 2 aromatic heterocycles. The summed E-state index contributed by atoms with van der Waals surface area (Å²) in [5.74, 6) is 0. The van der Waals surface area contributed by atoms with Gasteiger partial charge in [0.25, 0.3) is 0 Å². The number of benzene rings is 4. The molecule has 0 aliphatic carbocycles. The van der Waals surface area contributed by atoms with Crippen LogP contribution in [0.25, 0.3) is 66.3 Å². The van der Waals surface area contributed by atoms with Crippen molar-refractivity contribution in [2.24, 2.45) is 0 Å². The van der Waals surface area contributed by atoms with Crippen LogP contribution in [0.1, 0.15) is 0 Å². The molecule has 0 spiro atoms. The fourth-order valence-electron chi connectivity index (χ4n) is 6.64. The molecular weight excluding hydrogens is 728 g/mol. The molecule has 8 aromatic rings. The smallest absolute Gasteiger partial charge is 0.295 e. The molecule has 0 atom stereocenters. The molecule has 0 unspecified atom stereocenters. The molecule has 0 saturated carbocycles. The zero-order valence-corrected chi connectivity index (χ0v) is 34.9. The Labute approximate surface area is 324 Å². The van der Waals surface area contributed by atoms with Crippen LogP contribution in [0, 0.1) is 0 Å². The molecule has 5 heteroatoms. The minimum atomic E-state index is -1.26. The molecule has 0 amide bonds. The fraction of sp³-hybridized carbons (Fsp3) is 0.130. The van der Waals surface area contributed by atoms with Crippen LogP contribution in [0.4, 0.5) is 0 Å². The van der Waals surface area contributed by atoms with Gasteiger partial charge in [-0.15, -0.1) is 69.1 Å². The number of aromatic nitrogens is 2. The van der Waals surface area contributed by atoms with Crippen molar-refractivity contribution in [1.29, 1.82) is 0 Å². The predicted molar refractivity (Wildman–Crippen MR) is 222 cm³/mol. The van der Waals surface area contributed by atoms with Gasteiger partial charge < -0.3 is 0 Å². The maximum absolute atomic E-state index is 4.49. The maximum atomic E-state index is 4.49. The quantitative estimate of drug-likeness (QED) is 0.124. The first-order valence-electron chi connectivity index (χ1n) is 17.5. The molecule has 0 aliphatic rings. The molecule has 0 radical (unpaired) electrons. The molecular formula is C46H44N2Si2Zr. The van der Waals surface area contributed by atoms with Crippen LogP contribution < -0.4 is 10.4 Å². The molecule has 6 aromatic carbocycles. The third-order valence-corrected chi connectivity index (χ3v) is 13.7. The summed E-state index contributed by atoms with van der Waals surface area (Å²) in [7, 11) is -2.52. The summed E-state index contributed by atoms with van der Waals surface area (Å²) in [5, 5.41) is 8.13. The van der Waals surface area contributed by atoms with Crippen molar-refractivity contribution in [2.45, 2.75) is 39.3 Å². The van der Waals surface area contributed by atoms with Crippen LogP contribution in [0.3, 0.4) is 0 Å². The number of fused-ring (bicyclic) bond motifs is 2. The summed E-state index contributed by atoms with van der Waals surface area (Å²) in [6.45, 7) is 14.3. The Morgan fingerprint density at radius 2 is 0.824 bits per heavy atom. The van der Waals surface area contributed by atoms with Crippen LogP contribution >= 0.6 is 0 Å². The number of hydrogen-bond acceptors (Lipinski definition) is 2. The summed E-state index contributed by atoms with van der Waals surface area (Å²) in [6, 6.07) is 52.5. The van der Waals surface area contributed by atoms with Crippen LogP contribution in [0.15, 0.2) is 158 Å². The van der Waals surface area contributed by atoms with Crippen molar-refractivity contribution < 1.29 is 26.2 Å². The third-order valence-electron chi connectivity index (χ3n) is 9.55. The van der Waals surface area contributed by atoms with E-state index in [1.54, 1.807) is 0 Å². The van der Waals surface area contributed by atoms with E-state index in [4.69, 9.17) is 0 Å². The van der Waals surface area contributed by atoms with Crippen molar-refractivity contribution in [3.63, 3.8) is 0 Å². The van der Waals surface area contributed by atoms with Gasteiger partial charge in [-0.2, -0.15) is 0 Å². The number of rotatable bonds is 6. The summed E-state index contributed by atoms with van der Waals surface area (Å²) >= 11 is 0. The summed E-state index contributed by atoms with van der Waals surface area (Å²) < 4.78 is 0. The Bertz CT molecular complexity index is 2190. The van der Waals surface area contributed by atoms with E-state index in [1.165, 1.54) is 65.3 Å². The monoisotopic (exact) mass is 770 g/mol. The van der Waals surface area contributed by atoms with Gasteiger partial charge >= 0.3 is 26.2 Å². The second kappa shape index (κ2) is 15.1. The zero-order chi connectivity index (χ0) is 34.9. The maximum Gasteiger partial charge on any atom is 2.00 e. The topological polar surface area (TPSA) is 25.8 Å². The summed E-state index contributed by atoms with van der Waals surface area (Å²) in [4.78, 5) is 8.98. The van der Waals surface area contributed by atoms with Gasteiger partial charge in [0.2, 0.25) is 0 Å². The Morgan fingerprint density at radius 3 is 1.16 bits per heavy atom. The second-order valence-electron chi connectivity index (χ2n) is 15.2. The number of pyridine rings is 2. The van der Waals surface area contributed by atoms with Crippen LogP contribution in [0.2, 0.25) is 39.3 Å². The van der Waals surface area contributed by atoms with E-state index < -0.39 is 16.1 Å². The molecule has 0 aliphatic heterocycles. The van der Waals surface area contributed by atoms with E-state index >= 15 is 0 Å². The average Bonchev–Trinajstić information content (AvgIpc) is 3.77. The summed E-state index contributed by atoms with van der Waals surface area (Å²) in [6.07, 6.45) is 3.70. The predicted octanol–water partition coefficient (Wildman–Crippen LogP) is 11.7. The molecule has 2 nitrogen and oxygen atoms in total. The largest absolute Gasteiger partial charge is 2.00 e. The number of nitrogens with zero attached hydrogens (tertiary/aromatic N) is 2. The van der Waals surface area contributed by atoms with Gasteiger partial charge in [0.1, 0.15) is 0 Å². The zero-order valence-electron chi connectivity index (χ0n) is 30.4. The minimum Gasteiger partial charge on any atom is -0.295 e. The summed E-state index contributed by atoms with van der Waals surface area (Å²) in [5.41, 5.74) is 9.57. The first-order chi connectivity index (χ1) is 24.0. The van der Waals surface area contributed by atoms with Crippen LogP contribution in [-0.2, 0) is 26.2 Å². The van der Waals surface area contributed by atoms with Gasteiger partial charge in [-0.3, -0.25) is 9.97 Å². The van der Waals surface area contributed by atoms with Crippen molar-refractivity contribution in [3.8, 4) is 44.8 Å². The molecule has 51 heavy (non-hydrogen) atoms. The van der Waals surface area contributed by atoms with Gasteiger partial charge in [-0.25, -0.2) is 0 Å². The van der Waals surface area contributed by atoms with Gasteiger partial charge in [0, 0.05) is 23.8 Å². The average molecular weight is 772 g/mol. The van der Waals surface area contributed by atoms with Crippen molar-refractivity contribution in [2.75, 3.05) is 0 Å². The fourth-order valence-corrected chi connectivity index (χ4v) is 8.97. The molecule has 0 fully saturated rings. The van der Waals surface area contributed by atoms with E-state index in [2.05, 4.69) is 171 Å². The van der Waals surface area contributed by atoms with E-state index in [9.17, 15) is 0 Å². The first-order valence-corrected chi connectivity index (χ1v) is 24.5. The second-order valence-corrected chi connectivity index (χ2v) is 25.3. The van der Waals surface area contributed by atoms with Gasteiger partial charge in [-0.1, -0.05) is 158 Å². The van der Waals surface area contributed by atoms with Gasteiger partial charge in [-0.05, 0) is 23.3 Å². The SMILES string of the molecule is C[Si](C)(C)c1ccc(-c2cccc3[cH-]c(-c4ccccn4)cc23)cc1.C[Si](C)(C)c1ccc(-c2cccc3[cH-]c(-c4ccccn4)cc23)cc1.[Zr+2]. The van der Waals surface area contributed by atoms with E-state index in [-0.39, 0.29) is 26.2 Å². The number of hydrogen-bond donors (Lipinski definition) is 0. The Hall–Kier alpha value is -4.28. The standard InChI is InChI=1S/2C23H22NSi.Zr/c2*1-25(2,3)20-12-10-17(11-13-20)21-8-6-7-18-15-19(16-22(18)21)23-9-4-5-14-24-23;/h2*4-16H,1-3H3;/q2*-1;+2. The Balaban J connectivity index is 0.000000172. The van der Waals surface area contributed by atoms with Crippen LogP contribution in [0.5, 0.6) is 0 Å². The van der Waals surface area contributed by atoms with Crippen LogP contribution in [-0.4, -0.2) is 26.1 Å². The molecule has 0 saturated heterocycles. The molecule has 0 N–H and O–H groups in total. The molecule has 2 heterocycles. The normalized spacial score (nSPS) is 11.6. The Kier molecular flexibility index (Phi) is 10.8.